The highest BCUT2D eigenvalue weighted by Gasteiger charge is 1.97. The van der Waals surface area contributed by atoms with Gasteiger partial charge in [-0.1, -0.05) is 30.3 Å². The second-order valence-corrected chi connectivity index (χ2v) is 5.40. The van der Waals surface area contributed by atoms with E-state index in [4.69, 9.17) is 0 Å². The highest BCUT2D eigenvalue weighted by Crippen LogP contribution is 2.08. The molecule has 0 amide bonds. The number of hydrogen-bond acceptors (Lipinski definition) is 6. The molecule has 0 aliphatic heterocycles. The van der Waals surface area contributed by atoms with Crippen molar-refractivity contribution in [3.8, 4) is 11.4 Å². The van der Waals surface area contributed by atoms with Gasteiger partial charge in [0.1, 0.15) is 11.4 Å². The summed E-state index contributed by atoms with van der Waals surface area (Å²) in [4.78, 5) is 24.0. The van der Waals surface area contributed by atoms with Crippen molar-refractivity contribution in [3.63, 3.8) is 0 Å². The van der Waals surface area contributed by atoms with Gasteiger partial charge in [-0.25, -0.2) is 0 Å². The minimum Gasteiger partial charge on any atom is -0.265 e. The van der Waals surface area contributed by atoms with E-state index in [0.717, 1.165) is 16.9 Å². The lowest BCUT2D eigenvalue weighted by molar-refractivity contribution is 1.14. The summed E-state index contributed by atoms with van der Waals surface area (Å²) in [6.07, 6.45) is 15.1. The Kier molecular flexibility index (Phi) is 7.24. The molecule has 0 aliphatic carbocycles. The summed E-state index contributed by atoms with van der Waals surface area (Å²) in [7, 11) is 0. The monoisotopic (exact) mass is 366 g/mol. The molecule has 0 atom stereocenters. The molecular weight excluding hydrogens is 348 g/mol. The number of pyridine rings is 2. The Balaban J connectivity index is 0.000000127. The summed E-state index contributed by atoms with van der Waals surface area (Å²) in [5, 5.41) is 1.20. The van der Waals surface area contributed by atoms with Crippen molar-refractivity contribution in [1.29, 1.82) is 0 Å². The molecule has 136 valence electrons. The first-order valence-electron chi connectivity index (χ1n) is 8.60. The maximum atomic E-state index is 4.18. The zero-order valence-electron chi connectivity index (χ0n) is 15.1. The topological polar surface area (TPSA) is 77.3 Å². The van der Waals surface area contributed by atoms with Crippen LogP contribution in [-0.2, 0) is 0 Å². The van der Waals surface area contributed by atoms with Crippen molar-refractivity contribution >= 4 is 10.9 Å². The third kappa shape index (κ3) is 6.03. The molecule has 0 unspecified atom stereocenters. The zero-order chi connectivity index (χ0) is 19.3. The molecule has 1 aromatic carbocycles. The molecule has 5 rings (SSSR count). The van der Waals surface area contributed by atoms with Crippen molar-refractivity contribution in [2.45, 2.75) is 0 Å². The Bertz CT molecular complexity index is 927. The number of aromatic nitrogens is 6. The van der Waals surface area contributed by atoms with E-state index in [1.54, 1.807) is 49.6 Å². The summed E-state index contributed by atoms with van der Waals surface area (Å²) in [5.74, 6) is 0. The SMILES string of the molecule is c1ccc2ncccc2c1.c1ccncc1.c1cnc(-c2cnccn2)cn1. The van der Waals surface area contributed by atoms with Gasteiger partial charge in [-0.15, -0.1) is 0 Å². The summed E-state index contributed by atoms with van der Waals surface area (Å²) in [6, 6.07) is 17.8. The van der Waals surface area contributed by atoms with Crippen LogP contribution in [0.3, 0.4) is 0 Å². The molecule has 6 heteroatoms. The fourth-order valence-corrected chi connectivity index (χ4v) is 2.19. The Hall–Kier alpha value is -4.06. The highest BCUT2D eigenvalue weighted by molar-refractivity contribution is 5.77. The van der Waals surface area contributed by atoms with Crippen molar-refractivity contribution in [2.75, 3.05) is 0 Å². The third-order valence-corrected chi connectivity index (χ3v) is 3.47. The zero-order valence-corrected chi connectivity index (χ0v) is 15.1. The Morgan fingerprint density at radius 1 is 0.429 bits per heavy atom. The Morgan fingerprint density at radius 2 is 1.07 bits per heavy atom. The Labute approximate surface area is 163 Å². The number of para-hydroxylation sites is 1. The molecule has 4 heterocycles. The largest absolute Gasteiger partial charge is 0.265 e. The molecule has 0 N–H and O–H groups in total. The van der Waals surface area contributed by atoms with Gasteiger partial charge in [0, 0.05) is 48.8 Å². The van der Waals surface area contributed by atoms with Gasteiger partial charge < -0.3 is 0 Å². The number of fused-ring (bicyclic) bond motifs is 1. The van der Waals surface area contributed by atoms with Crippen LogP contribution in [0.25, 0.3) is 22.3 Å². The summed E-state index contributed by atoms with van der Waals surface area (Å²) < 4.78 is 0. The number of hydrogen-bond donors (Lipinski definition) is 0. The van der Waals surface area contributed by atoms with Gasteiger partial charge in [0.2, 0.25) is 0 Å². The first kappa shape index (κ1) is 18.7. The number of nitrogens with zero attached hydrogens (tertiary/aromatic N) is 6. The molecule has 0 spiro atoms. The van der Waals surface area contributed by atoms with Crippen LogP contribution >= 0.6 is 0 Å². The molecule has 0 saturated heterocycles. The summed E-state index contributed by atoms with van der Waals surface area (Å²) >= 11 is 0. The molecular formula is C22H18N6. The van der Waals surface area contributed by atoms with Gasteiger partial charge >= 0.3 is 0 Å². The minimum absolute atomic E-state index is 0.741. The van der Waals surface area contributed by atoms with Gasteiger partial charge in [0.15, 0.2) is 0 Å². The third-order valence-electron chi connectivity index (χ3n) is 3.47. The van der Waals surface area contributed by atoms with Gasteiger partial charge in [-0.2, -0.15) is 0 Å². The molecule has 28 heavy (non-hydrogen) atoms. The quantitative estimate of drug-likeness (QED) is 0.441. The molecule has 0 saturated carbocycles. The fraction of sp³-hybridized carbons (Fsp3) is 0. The molecule has 0 radical (unpaired) electrons. The normalized spacial score (nSPS) is 9.43. The van der Waals surface area contributed by atoms with Gasteiger partial charge in [-0.05, 0) is 24.3 Å². The molecule has 0 aliphatic rings. The second-order valence-electron chi connectivity index (χ2n) is 5.40. The van der Waals surface area contributed by atoms with E-state index in [1.165, 1.54) is 5.39 Å². The number of benzene rings is 1. The molecule has 5 aromatic rings. The van der Waals surface area contributed by atoms with E-state index in [1.807, 2.05) is 48.7 Å². The highest BCUT2D eigenvalue weighted by atomic mass is 14.8. The lowest BCUT2D eigenvalue weighted by Gasteiger charge is -1.95. The van der Waals surface area contributed by atoms with Gasteiger partial charge in [-0.3, -0.25) is 29.9 Å². The second kappa shape index (κ2) is 10.8. The minimum atomic E-state index is 0.741. The van der Waals surface area contributed by atoms with Crippen molar-refractivity contribution in [3.05, 3.63) is 110 Å². The van der Waals surface area contributed by atoms with Crippen LogP contribution in [0.4, 0.5) is 0 Å². The average Bonchev–Trinajstić information content (AvgIpc) is 2.82. The molecule has 4 aromatic heterocycles. The standard InChI is InChI=1S/C9H7N.C8H6N4.C5H5N/c1-2-6-9-8(4-1)5-3-7-10-9;1-3-11-7(5-9-1)8-6-10-2-4-12-8;1-2-4-6-5-3-1/h1-7H;1-6H;1-5H. The van der Waals surface area contributed by atoms with E-state index in [0.29, 0.717) is 0 Å². The van der Waals surface area contributed by atoms with Crippen LogP contribution in [0.15, 0.2) is 110 Å². The van der Waals surface area contributed by atoms with E-state index >= 15 is 0 Å². The van der Waals surface area contributed by atoms with Crippen LogP contribution < -0.4 is 0 Å². The van der Waals surface area contributed by atoms with E-state index in [-0.39, 0.29) is 0 Å². The van der Waals surface area contributed by atoms with Gasteiger partial charge in [0.25, 0.3) is 0 Å². The van der Waals surface area contributed by atoms with Crippen molar-refractivity contribution in [2.24, 2.45) is 0 Å². The molecule has 6 nitrogen and oxygen atoms in total. The average molecular weight is 366 g/mol. The van der Waals surface area contributed by atoms with E-state index < -0.39 is 0 Å². The first-order valence-corrected chi connectivity index (χ1v) is 8.60. The maximum Gasteiger partial charge on any atom is 0.108 e. The van der Waals surface area contributed by atoms with E-state index in [2.05, 4.69) is 42.0 Å². The first-order chi connectivity index (χ1) is 13.9. The van der Waals surface area contributed by atoms with Crippen LogP contribution in [0.2, 0.25) is 0 Å². The van der Waals surface area contributed by atoms with Crippen LogP contribution in [0.5, 0.6) is 0 Å². The Morgan fingerprint density at radius 3 is 1.57 bits per heavy atom. The van der Waals surface area contributed by atoms with Crippen LogP contribution in [0, 0.1) is 0 Å². The smallest absolute Gasteiger partial charge is 0.108 e. The van der Waals surface area contributed by atoms with Crippen molar-refractivity contribution < 1.29 is 0 Å². The van der Waals surface area contributed by atoms with Crippen molar-refractivity contribution in [1.82, 2.24) is 29.9 Å². The number of rotatable bonds is 1. The van der Waals surface area contributed by atoms with E-state index in [9.17, 15) is 0 Å². The van der Waals surface area contributed by atoms with Gasteiger partial charge in [0.05, 0.1) is 17.9 Å². The predicted octanol–water partition coefficient (Wildman–Crippen LogP) is 4.25. The fourth-order valence-electron chi connectivity index (χ4n) is 2.19. The molecule has 0 fully saturated rings. The summed E-state index contributed by atoms with van der Waals surface area (Å²) in [6.45, 7) is 0. The lowest BCUT2D eigenvalue weighted by atomic mass is 10.2. The lowest BCUT2D eigenvalue weighted by Crippen LogP contribution is -1.87. The predicted molar refractivity (Wildman–Crippen MR) is 109 cm³/mol. The summed E-state index contributed by atoms with van der Waals surface area (Å²) in [5.41, 5.74) is 2.54. The molecule has 0 bridgehead atoms. The maximum absolute atomic E-state index is 4.18. The van der Waals surface area contributed by atoms with Crippen LogP contribution in [0.1, 0.15) is 0 Å². The van der Waals surface area contributed by atoms with Crippen LogP contribution in [-0.4, -0.2) is 29.9 Å².